The van der Waals surface area contributed by atoms with Crippen molar-refractivity contribution in [2.75, 3.05) is 36.0 Å². The van der Waals surface area contributed by atoms with E-state index in [-0.39, 0.29) is 11.5 Å². The Morgan fingerprint density at radius 2 is 1.84 bits per heavy atom. The van der Waals surface area contributed by atoms with Gasteiger partial charge in [0.05, 0.1) is 23.4 Å². The normalized spacial score (nSPS) is 25.4. The highest BCUT2D eigenvalue weighted by Gasteiger charge is 2.50. The average Bonchev–Trinajstić information content (AvgIpc) is 3.09. The Balaban J connectivity index is 1.40. The molecule has 1 spiro atoms. The summed E-state index contributed by atoms with van der Waals surface area (Å²) in [5.41, 5.74) is 1.32. The Morgan fingerprint density at radius 1 is 1.19 bits per heavy atom. The molecular weight excluding hydrogens is 408 g/mol. The van der Waals surface area contributed by atoms with Crippen molar-refractivity contribution in [2.45, 2.75) is 77.4 Å². The number of aryl methyl sites for hydroxylation is 1. The summed E-state index contributed by atoms with van der Waals surface area (Å²) < 4.78 is 0. The molecule has 2 N–H and O–H groups in total. The molecule has 1 saturated carbocycles. The van der Waals surface area contributed by atoms with E-state index in [9.17, 15) is 19.8 Å². The van der Waals surface area contributed by atoms with Gasteiger partial charge in [0.2, 0.25) is 5.91 Å². The van der Waals surface area contributed by atoms with Crippen LogP contribution in [0, 0.1) is 12.3 Å². The number of nitrogens with zero attached hydrogens (tertiary/aromatic N) is 4. The van der Waals surface area contributed by atoms with E-state index in [4.69, 9.17) is 0 Å². The van der Waals surface area contributed by atoms with Gasteiger partial charge in [-0.15, -0.1) is 0 Å². The van der Waals surface area contributed by atoms with Crippen molar-refractivity contribution >= 4 is 23.5 Å². The lowest BCUT2D eigenvalue weighted by Gasteiger charge is -2.40. The number of hydrogen-bond acceptors (Lipinski definition) is 5. The molecule has 2 aliphatic heterocycles. The SMILES string of the molecule is CCCN(C(=O)O)c1cnc(N2CCC3(CC2)CCN(C2CCC(O)CC2)C3=O)c(C)c1. The predicted molar refractivity (Wildman–Crippen MR) is 123 cm³/mol. The van der Waals surface area contributed by atoms with Crippen LogP contribution < -0.4 is 9.80 Å². The molecule has 4 rings (SSSR count). The molecule has 0 bridgehead atoms. The third-order valence-electron chi connectivity index (χ3n) is 7.70. The Labute approximate surface area is 190 Å². The van der Waals surface area contributed by atoms with Crippen LogP contribution >= 0.6 is 0 Å². The minimum atomic E-state index is -0.961. The van der Waals surface area contributed by atoms with Gasteiger partial charge >= 0.3 is 6.09 Å². The lowest BCUT2D eigenvalue weighted by molar-refractivity contribution is -0.139. The molecule has 8 nitrogen and oxygen atoms in total. The van der Waals surface area contributed by atoms with E-state index in [1.165, 1.54) is 4.90 Å². The molecule has 0 unspecified atom stereocenters. The number of pyridine rings is 1. The highest BCUT2D eigenvalue weighted by atomic mass is 16.4. The molecule has 176 valence electrons. The summed E-state index contributed by atoms with van der Waals surface area (Å²) in [6.07, 6.45) is 7.24. The molecule has 1 aromatic rings. The van der Waals surface area contributed by atoms with Crippen LogP contribution in [0.1, 0.15) is 63.9 Å². The summed E-state index contributed by atoms with van der Waals surface area (Å²) in [5, 5.41) is 19.3. The Hall–Kier alpha value is -2.35. The predicted octanol–water partition coefficient (Wildman–Crippen LogP) is 3.41. The molecule has 1 aliphatic carbocycles. The minimum Gasteiger partial charge on any atom is -0.465 e. The summed E-state index contributed by atoms with van der Waals surface area (Å²) in [5.74, 6) is 1.20. The van der Waals surface area contributed by atoms with Crippen LogP contribution in [0.3, 0.4) is 0 Å². The number of aliphatic hydroxyl groups excluding tert-OH is 1. The number of carboxylic acid groups (broad SMARTS) is 1. The highest BCUT2D eigenvalue weighted by molar-refractivity contribution is 5.86. The molecule has 0 aromatic carbocycles. The minimum absolute atomic E-state index is 0.201. The van der Waals surface area contributed by atoms with Gasteiger partial charge in [-0.2, -0.15) is 0 Å². The van der Waals surface area contributed by atoms with Gasteiger partial charge in [0.1, 0.15) is 5.82 Å². The quantitative estimate of drug-likeness (QED) is 0.722. The molecule has 3 aliphatic rings. The monoisotopic (exact) mass is 444 g/mol. The lowest BCUT2D eigenvalue weighted by atomic mass is 9.77. The van der Waals surface area contributed by atoms with Crippen molar-refractivity contribution in [3.63, 3.8) is 0 Å². The summed E-state index contributed by atoms with van der Waals surface area (Å²) in [7, 11) is 0. The maximum absolute atomic E-state index is 13.4. The van der Waals surface area contributed by atoms with Crippen LogP contribution in [-0.4, -0.2) is 70.4 Å². The maximum Gasteiger partial charge on any atom is 0.411 e. The number of anilines is 2. The first-order chi connectivity index (χ1) is 15.3. The number of rotatable bonds is 5. The van der Waals surface area contributed by atoms with Crippen LogP contribution in [0.2, 0.25) is 0 Å². The number of amides is 2. The fourth-order valence-electron chi connectivity index (χ4n) is 5.77. The molecule has 32 heavy (non-hydrogen) atoms. The number of hydrogen-bond donors (Lipinski definition) is 2. The summed E-state index contributed by atoms with van der Waals surface area (Å²) in [6.45, 7) is 6.79. The fraction of sp³-hybridized carbons (Fsp3) is 0.708. The van der Waals surface area contributed by atoms with Gasteiger partial charge in [-0.3, -0.25) is 9.69 Å². The van der Waals surface area contributed by atoms with Crippen LogP contribution in [-0.2, 0) is 4.79 Å². The van der Waals surface area contributed by atoms with Crippen LogP contribution in [0.15, 0.2) is 12.3 Å². The zero-order valence-electron chi connectivity index (χ0n) is 19.3. The van der Waals surface area contributed by atoms with E-state index < -0.39 is 6.09 Å². The van der Waals surface area contributed by atoms with Gasteiger partial charge in [-0.05, 0) is 69.9 Å². The van der Waals surface area contributed by atoms with Gasteiger partial charge < -0.3 is 20.0 Å². The average molecular weight is 445 g/mol. The third-order valence-corrected chi connectivity index (χ3v) is 7.70. The van der Waals surface area contributed by atoms with Crippen molar-refractivity contribution < 1.29 is 19.8 Å². The molecular formula is C24H36N4O4. The third kappa shape index (κ3) is 4.29. The van der Waals surface area contributed by atoms with E-state index in [0.717, 1.165) is 82.4 Å². The number of carbonyl (C=O) groups excluding carboxylic acids is 1. The largest absolute Gasteiger partial charge is 0.465 e. The van der Waals surface area contributed by atoms with Crippen LogP contribution in [0.25, 0.3) is 0 Å². The van der Waals surface area contributed by atoms with Gasteiger partial charge in [0.25, 0.3) is 0 Å². The molecule has 2 saturated heterocycles. The van der Waals surface area contributed by atoms with Gasteiger partial charge in [-0.25, -0.2) is 9.78 Å². The molecule has 3 fully saturated rings. The Kier molecular flexibility index (Phi) is 6.60. The second kappa shape index (κ2) is 9.25. The smallest absolute Gasteiger partial charge is 0.411 e. The van der Waals surface area contributed by atoms with Crippen LogP contribution in [0.4, 0.5) is 16.3 Å². The van der Waals surface area contributed by atoms with Crippen molar-refractivity contribution in [2.24, 2.45) is 5.41 Å². The van der Waals surface area contributed by atoms with Gasteiger partial charge in [0, 0.05) is 32.2 Å². The number of piperidine rings is 1. The summed E-state index contributed by atoms with van der Waals surface area (Å²) in [6, 6.07) is 2.19. The lowest BCUT2D eigenvalue weighted by Crippen LogP contribution is -2.47. The van der Waals surface area contributed by atoms with Gasteiger partial charge in [0.15, 0.2) is 0 Å². The standard InChI is InChI=1S/C24H36N4O4/c1-3-11-28(23(31)32)19-15-17(2)21(25-16-19)26-12-8-24(9-13-26)10-14-27(22(24)30)18-4-6-20(29)7-5-18/h15-16,18,20,29H,3-14H2,1-2H3,(H,31,32). The first-order valence-electron chi connectivity index (χ1n) is 12.1. The number of carbonyl (C=O) groups is 2. The zero-order valence-corrected chi connectivity index (χ0v) is 19.3. The number of aromatic nitrogens is 1. The summed E-state index contributed by atoms with van der Waals surface area (Å²) >= 11 is 0. The Morgan fingerprint density at radius 3 is 2.44 bits per heavy atom. The number of aliphatic hydroxyl groups is 1. The van der Waals surface area contributed by atoms with Crippen LogP contribution in [0.5, 0.6) is 0 Å². The van der Waals surface area contributed by atoms with E-state index in [0.29, 0.717) is 24.2 Å². The van der Waals surface area contributed by atoms with Gasteiger partial charge in [-0.1, -0.05) is 6.92 Å². The van der Waals surface area contributed by atoms with E-state index in [2.05, 4.69) is 14.8 Å². The number of likely N-dealkylation sites (tertiary alicyclic amines) is 1. The van der Waals surface area contributed by atoms with Crippen molar-refractivity contribution in [3.05, 3.63) is 17.8 Å². The van der Waals surface area contributed by atoms with Crippen molar-refractivity contribution in [1.82, 2.24) is 9.88 Å². The maximum atomic E-state index is 13.4. The topological polar surface area (TPSA) is 97.2 Å². The fourth-order valence-corrected chi connectivity index (χ4v) is 5.77. The highest BCUT2D eigenvalue weighted by Crippen LogP contribution is 2.44. The van der Waals surface area contributed by atoms with Crippen molar-refractivity contribution in [1.29, 1.82) is 0 Å². The Bertz CT molecular complexity index is 844. The molecule has 2 amide bonds. The molecule has 0 radical (unpaired) electrons. The molecule has 8 heteroatoms. The first-order valence-corrected chi connectivity index (χ1v) is 12.1. The van der Waals surface area contributed by atoms with E-state index >= 15 is 0 Å². The second-order valence-corrected chi connectivity index (χ2v) is 9.75. The molecule has 3 heterocycles. The second-order valence-electron chi connectivity index (χ2n) is 9.75. The van der Waals surface area contributed by atoms with E-state index in [1.807, 2.05) is 19.9 Å². The molecule has 0 atom stereocenters. The zero-order chi connectivity index (χ0) is 22.9. The summed E-state index contributed by atoms with van der Waals surface area (Å²) in [4.78, 5) is 35.2. The first kappa shape index (κ1) is 22.8. The molecule has 1 aromatic heterocycles. The van der Waals surface area contributed by atoms with E-state index in [1.54, 1.807) is 6.20 Å². The van der Waals surface area contributed by atoms with Crippen molar-refractivity contribution in [3.8, 4) is 0 Å².